The first kappa shape index (κ1) is 15.1. The number of non-ortho nitro benzene ring substituents is 1. The molecular weight excluding hydrogens is 343 g/mol. The molecule has 21 heavy (non-hydrogen) atoms. The Labute approximate surface area is 128 Å². The van der Waals surface area contributed by atoms with Gasteiger partial charge in [-0.2, -0.15) is 0 Å². The van der Waals surface area contributed by atoms with Crippen LogP contribution in [-0.4, -0.2) is 10.8 Å². The lowest BCUT2D eigenvalue weighted by atomic mass is 10.1. The molecule has 2 aromatic rings. The van der Waals surface area contributed by atoms with Gasteiger partial charge in [0.15, 0.2) is 0 Å². The van der Waals surface area contributed by atoms with Crippen LogP contribution in [0.3, 0.4) is 0 Å². The molecule has 0 aromatic heterocycles. The number of hydrogen-bond donors (Lipinski definition) is 1. The van der Waals surface area contributed by atoms with Crippen LogP contribution in [0, 0.1) is 15.9 Å². The highest BCUT2D eigenvalue weighted by Gasteiger charge is 2.14. The van der Waals surface area contributed by atoms with E-state index in [0.717, 1.165) is 28.2 Å². The molecule has 2 aromatic carbocycles. The Balaban J connectivity index is 2.14. The third-order valence-corrected chi connectivity index (χ3v) is 3.53. The van der Waals surface area contributed by atoms with Gasteiger partial charge in [0, 0.05) is 22.6 Å². The van der Waals surface area contributed by atoms with E-state index in [9.17, 15) is 19.3 Å². The van der Waals surface area contributed by atoms with Gasteiger partial charge in [-0.3, -0.25) is 14.9 Å². The van der Waals surface area contributed by atoms with Gasteiger partial charge < -0.3 is 5.32 Å². The average Bonchev–Trinajstić information content (AvgIpc) is 2.45. The summed E-state index contributed by atoms with van der Waals surface area (Å²) in [6.45, 7) is 0.227. The van der Waals surface area contributed by atoms with E-state index < -0.39 is 22.3 Å². The Bertz CT molecular complexity index is 706. The molecule has 2 rings (SSSR count). The van der Waals surface area contributed by atoms with Crippen LogP contribution in [0.5, 0.6) is 0 Å². The van der Waals surface area contributed by atoms with E-state index >= 15 is 0 Å². The number of rotatable bonds is 4. The third kappa shape index (κ3) is 3.85. The Morgan fingerprint density at radius 3 is 2.67 bits per heavy atom. The highest BCUT2D eigenvalue weighted by Crippen LogP contribution is 2.18. The molecule has 0 radical (unpaired) electrons. The van der Waals surface area contributed by atoms with Crippen LogP contribution >= 0.6 is 15.9 Å². The lowest BCUT2D eigenvalue weighted by molar-refractivity contribution is -0.385. The first-order valence-corrected chi connectivity index (χ1v) is 6.73. The number of carbonyl (C=O) groups is 1. The molecule has 0 spiro atoms. The Morgan fingerprint density at radius 2 is 2.00 bits per heavy atom. The van der Waals surface area contributed by atoms with Gasteiger partial charge in [-0.05, 0) is 17.7 Å². The van der Waals surface area contributed by atoms with E-state index in [1.165, 1.54) is 0 Å². The first-order chi connectivity index (χ1) is 9.97. The minimum atomic E-state index is -0.824. The summed E-state index contributed by atoms with van der Waals surface area (Å²) >= 11 is 3.34. The van der Waals surface area contributed by atoms with Gasteiger partial charge in [0.1, 0.15) is 5.82 Å². The lowest BCUT2D eigenvalue weighted by Crippen LogP contribution is -2.23. The second kappa shape index (κ2) is 6.45. The maximum absolute atomic E-state index is 13.3. The van der Waals surface area contributed by atoms with Crippen molar-refractivity contribution >= 4 is 27.5 Å². The minimum Gasteiger partial charge on any atom is -0.348 e. The van der Waals surface area contributed by atoms with E-state index in [1.54, 1.807) is 0 Å². The van der Waals surface area contributed by atoms with E-state index in [1.807, 2.05) is 24.3 Å². The topological polar surface area (TPSA) is 72.2 Å². The van der Waals surface area contributed by atoms with Crippen molar-refractivity contribution in [2.24, 2.45) is 0 Å². The maximum Gasteiger partial charge on any atom is 0.273 e. The van der Waals surface area contributed by atoms with Crippen molar-refractivity contribution < 1.29 is 14.1 Å². The molecule has 0 atom stereocenters. The normalized spacial score (nSPS) is 10.2. The summed E-state index contributed by atoms with van der Waals surface area (Å²) in [7, 11) is 0. The molecule has 0 bridgehead atoms. The van der Waals surface area contributed by atoms with Crippen molar-refractivity contribution in [1.82, 2.24) is 5.32 Å². The number of amides is 1. The second-order valence-corrected chi connectivity index (χ2v) is 5.08. The zero-order valence-electron chi connectivity index (χ0n) is 10.7. The van der Waals surface area contributed by atoms with Crippen LogP contribution in [0.2, 0.25) is 0 Å². The highest BCUT2D eigenvalue weighted by molar-refractivity contribution is 9.10. The van der Waals surface area contributed by atoms with Crippen LogP contribution < -0.4 is 5.32 Å². The molecule has 0 saturated carbocycles. The first-order valence-electron chi connectivity index (χ1n) is 5.94. The molecule has 0 aliphatic carbocycles. The minimum absolute atomic E-state index is 0.0891. The van der Waals surface area contributed by atoms with Crippen molar-refractivity contribution in [2.45, 2.75) is 6.54 Å². The molecule has 108 valence electrons. The molecule has 0 aliphatic rings. The van der Waals surface area contributed by atoms with Gasteiger partial charge in [0.25, 0.3) is 11.6 Å². The van der Waals surface area contributed by atoms with Gasteiger partial charge in [0.2, 0.25) is 0 Å². The molecule has 0 fully saturated rings. The standard InChI is InChI=1S/C14H10BrFN2O3/c15-13-4-2-1-3-9(13)8-17-14(19)10-5-11(16)7-12(6-10)18(20)21/h1-7H,8H2,(H,17,19). The summed E-state index contributed by atoms with van der Waals surface area (Å²) in [5, 5.41) is 13.2. The van der Waals surface area contributed by atoms with Gasteiger partial charge in [-0.1, -0.05) is 34.1 Å². The SMILES string of the molecule is O=C(NCc1ccccc1Br)c1cc(F)cc([N+](=O)[O-])c1. The van der Waals surface area contributed by atoms with Crippen molar-refractivity contribution in [2.75, 3.05) is 0 Å². The number of halogens is 2. The van der Waals surface area contributed by atoms with Crippen LogP contribution in [-0.2, 0) is 6.54 Å². The van der Waals surface area contributed by atoms with Crippen LogP contribution in [0.4, 0.5) is 10.1 Å². The van der Waals surface area contributed by atoms with Gasteiger partial charge in [-0.15, -0.1) is 0 Å². The predicted octanol–water partition coefficient (Wildman–Crippen LogP) is 3.43. The summed E-state index contributed by atoms with van der Waals surface area (Å²) in [5.74, 6) is -1.40. The van der Waals surface area contributed by atoms with Crippen LogP contribution in [0.15, 0.2) is 46.9 Å². The molecule has 0 aliphatic heterocycles. The fraction of sp³-hybridized carbons (Fsp3) is 0.0714. The van der Waals surface area contributed by atoms with Crippen LogP contribution in [0.1, 0.15) is 15.9 Å². The lowest BCUT2D eigenvalue weighted by Gasteiger charge is -2.07. The zero-order valence-corrected chi connectivity index (χ0v) is 12.3. The summed E-state index contributed by atoms with van der Waals surface area (Å²) in [5.41, 5.74) is 0.298. The number of nitrogens with zero attached hydrogens (tertiary/aromatic N) is 1. The summed E-state index contributed by atoms with van der Waals surface area (Å²) in [4.78, 5) is 21.9. The number of hydrogen-bond acceptors (Lipinski definition) is 3. The largest absolute Gasteiger partial charge is 0.348 e. The molecule has 7 heteroatoms. The Hall–Kier alpha value is -2.28. The highest BCUT2D eigenvalue weighted by atomic mass is 79.9. The van der Waals surface area contributed by atoms with Crippen LogP contribution in [0.25, 0.3) is 0 Å². The van der Waals surface area contributed by atoms with E-state index in [0.29, 0.717) is 0 Å². The summed E-state index contributed by atoms with van der Waals surface area (Å²) in [6, 6.07) is 10.1. The Kier molecular flexibility index (Phi) is 4.64. The molecule has 1 amide bonds. The van der Waals surface area contributed by atoms with Gasteiger partial charge in [0.05, 0.1) is 11.0 Å². The molecule has 0 heterocycles. The molecule has 0 unspecified atom stereocenters. The quantitative estimate of drug-likeness (QED) is 0.676. The molecular formula is C14H10BrFN2O3. The van der Waals surface area contributed by atoms with Crippen molar-refractivity contribution in [3.63, 3.8) is 0 Å². The fourth-order valence-corrected chi connectivity index (χ4v) is 2.15. The predicted molar refractivity (Wildman–Crippen MR) is 78.4 cm³/mol. The van der Waals surface area contributed by atoms with Crippen molar-refractivity contribution in [3.05, 3.63) is 74.0 Å². The fourth-order valence-electron chi connectivity index (χ4n) is 1.73. The maximum atomic E-state index is 13.3. The molecule has 1 N–H and O–H groups in total. The molecule has 5 nitrogen and oxygen atoms in total. The number of benzene rings is 2. The average molecular weight is 353 g/mol. The van der Waals surface area contributed by atoms with Gasteiger partial charge >= 0.3 is 0 Å². The van der Waals surface area contributed by atoms with Crippen molar-refractivity contribution in [1.29, 1.82) is 0 Å². The number of nitro benzene ring substituents is 1. The van der Waals surface area contributed by atoms with Crippen molar-refractivity contribution in [3.8, 4) is 0 Å². The zero-order chi connectivity index (χ0) is 15.4. The van der Waals surface area contributed by atoms with E-state index in [4.69, 9.17) is 0 Å². The van der Waals surface area contributed by atoms with E-state index in [-0.39, 0.29) is 12.1 Å². The van der Waals surface area contributed by atoms with E-state index in [2.05, 4.69) is 21.2 Å². The Morgan fingerprint density at radius 1 is 1.29 bits per heavy atom. The summed E-state index contributed by atoms with van der Waals surface area (Å²) in [6.07, 6.45) is 0. The second-order valence-electron chi connectivity index (χ2n) is 4.23. The number of nitrogens with one attached hydrogen (secondary N) is 1. The number of nitro groups is 1. The smallest absolute Gasteiger partial charge is 0.273 e. The monoisotopic (exact) mass is 352 g/mol. The van der Waals surface area contributed by atoms with Gasteiger partial charge in [-0.25, -0.2) is 4.39 Å². The third-order valence-electron chi connectivity index (χ3n) is 2.75. The summed E-state index contributed by atoms with van der Waals surface area (Å²) < 4.78 is 14.1. The molecule has 0 saturated heterocycles. The number of carbonyl (C=O) groups excluding carboxylic acids is 1.